The number of aromatic amines is 1. The summed E-state index contributed by atoms with van der Waals surface area (Å²) in [7, 11) is 1.76. The third-order valence-electron chi connectivity index (χ3n) is 3.44. The van der Waals surface area contributed by atoms with Crippen LogP contribution in [-0.4, -0.2) is 29.0 Å². The molecule has 4 heteroatoms. The van der Waals surface area contributed by atoms with Gasteiger partial charge in [-0.2, -0.15) is 5.10 Å². The molecular weight excluding hydrogens is 250 g/mol. The van der Waals surface area contributed by atoms with Crippen molar-refractivity contribution in [1.82, 2.24) is 10.2 Å². The van der Waals surface area contributed by atoms with Crippen molar-refractivity contribution in [3.05, 3.63) is 36.5 Å². The van der Waals surface area contributed by atoms with Crippen LogP contribution in [-0.2, 0) is 4.74 Å². The summed E-state index contributed by atoms with van der Waals surface area (Å²) < 4.78 is 5.48. The van der Waals surface area contributed by atoms with E-state index in [0.717, 1.165) is 23.4 Å². The van der Waals surface area contributed by atoms with Gasteiger partial charge in [0.15, 0.2) is 0 Å². The van der Waals surface area contributed by atoms with E-state index in [9.17, 15) is 0 Å². The molecule has 0 aliphatic heterocycles. The molecule has 0 spiro atoms. The molecule has 0 fully saturated rings. The van der Waals surface area contributed by atoms with E-state index >= 15 is 0 Å². The second-order valence-electron chi connectivity index (χ2n) is 5.76. The molecule has 20 heavy (non-hydrogen) atoms. The van der Waals surface area contributed by atoms with Gasteiger partial charge in [0, 0.05) is 30.6 Å². The van der Waals surface area contributed by atoms with Crippen molar-refractivity contribution < 1.29 is 4.74 Å². The standard InChI is InChI=1S/C16H23N3O/c1-12(11-16(2,3)20-4)18-14-7-5-6-13(10-14)15-8-9-17-19-15/h5-10,12,18H,11H2,1-4H3,(H,17,19). The van der Waals surface area contributed by atoms with Crippen LogP contribution in [0.3, 0.4) is 0 Å². The average molecular weight is 273 g/mol. The van der Waals surface area contributed by atoms with Crippen LogP contribution in [0, 0.1) is 0 Å². The second kappa shape index (κ2) is 6.09. The van der Waals surface area contributed by atoms with E-state index in [1.165, 1.54) is 0 Å². The molecule has 0 aliphatic carbocycles. The zero-order valence-electron chi connectivity index (χ0n) is 12.6. The lowest BCUT2D eigenvalue weighted by molar-refractivity contribution is 0.0128. The molecule has 2 aromatic rings. The Kier molecular flexibility index (Phi) is 4.45. The van der Waals surface area contributed by atoms with E-state index < -0.39 is 0 Å². The SMILES string of the molecule is COC(C)(C)CC(C)Nc1cccc(-c2ccn[nH]2)c1. The number of anilines is 1. The Balaban J connectivity index is 2.05. The Morgan fingerprint density at radius 2 is 2.15 bits per heavy atom. The molecule has 1 aromatic heterocycles. The zero-order chi connectivity index (χ0) is 14.6. The van der Waals surface area contributed by atoms with E-state index in [1.807, 2.05) is 12.1 Å². The van der Waals surface area contributed by atoms with E-state index in [1.54, 1.807) is 13.3 Å². The third kappa shape index (κ3) is 3.84. The van der Waals surface area contributed by atoms with Crippen molar-refractivity contribution in [3.8, 4) is 11.3 Å². The van der Waals surface area contributed by atoms with E-state index in [0.29, 0.717) is 6.04 Å². The second-order valence-corrected chi connectivity index (χ2v) is 5.76. The number of H-pyrrole nitrogens is 1. The third-order valence-corrected chi connectivity index (χ3v) is 3.44. The predicted molar refractivity (Wildman–Crippen MR) is 82.8 cm³/mol. The molecule has 2 rings (SSSR count). The molecule has 0 saturated carbocycles. The zero-order valence-corrected chi connectivity index (χ0v) is 12.6. The van der Waals surface area contributed by atoms with Crippen molar-refractivity contribution in [2.75, 3.05) is 12.4 Å². The van der Waals surface area contributed by atoms with Crippen LogP contribution in [0.2, 0.25) is 0 Å². The van der Waals surface area contributed by atoms with E-state index in [4.69, 9.17) is 4.74 Å². The quantitative estimate of drug-likeness (QED) is 0.844. The molecule has 1 heterocycles. The molecule has 1 unspecified atom stereocenters. The predicted octanol–water partition coefficient (Wildman–Crippen LogP) is 3.69. The Bertz CT molecular complexity index is 534. The normalized spacial score (nSPS) is 13.2. The van der Waals surface area contributed by atoms with Gasteiger partial charge in [-0.3, -0.25) is 5.10 Å². The lowest BCUT2D eigenvalue weighted by Gasteiger charge is -2.27. The highest BCUT2D eigenvalue weighted by molar-refractivity contribution is 5.64. The van der Waals surface area contributed by atoms with Crippen LogP contribution in [0.1, 0.15) is 27.2 Å². The maximum absolute atomic E-state index is 5.48. The minimum absolute atomic E-state index is 0.118. The summed E-state index contributed by atoms with van der Waals surface area (Å²) in [5.74, 6) is 0. The van der Waals surface area contributed by atoms with Gasteiger partial charge in [0.1, 0.15) is 0 Å². The van der Waals surface area contributed by atoms with Crippen LogP contribution in [0.5, 0.6) is 0 Å². The highest BCUT2D eigenvalue weighted by Crippen LogP contribution is 2.23. The number of nitrogens with zero attached hydrogens (tertiary/aromatic N) is 1. The molecule has 1 atom stereocenters. The molecule has 0 saturated heterocycles. The average Bonchev–Trinajstić information content (AvgIpc) is 2.92. The van der Waals surface area contributed by atoms with Crippen LogP contribution >= 0.6 is 0 Å². The maximum atomic E-state index is 5.48. The van der Waals surface area contributed by atoms with Crippen LogP contribution < -0.4 is 5.32 Å². The number of hydrogen-bond acceptors (Lipinski definition) is 3. The van der Waals surface area contributed by atoms with Gasteiger partial charge in [-0.05, 0) is 45.4 Å². The highest BCUT2D eigenvalue weighted by atomic mass is 16.5. The first kappa shape index (κ1) is 14.6. The number of rotatable bonds is 6. The van der Waals surface area contributed by atoms with Crippen molar-refractivity contribution in [1.29, 1.82) is 0 Å². The van der Waals surface area contributed by atoms with E-state index in [-0.39, 0.29) is 5.60 Å². The smallest absolute Gasteiger partial charge is 0.0650 e. The number of hydrogen-bond donors (Lipinski definition) is 2. The number of benzene rings is 1. The molecule has 0 aliphatic rings. The highest BCUT2D eigenvalue weighted by Gasteiger charge is 2.20. The molecule has 108 valence electrons. The molecule has 0 amide bonds. The Morgan fingerprint density at radius 1 is 1.35 bits per heavy atom. The van der Waals surface area contributed by atoms with E-state index in [2.05, 4.69) is 54.5 Å². The lowest BCUT2D eigenvalue weighted by atomic mass is 9.99. The van der Waals surface area contributed by atoms with Crippen LogP contribution in [0.25, 0.3) is 11.3 Å². The van der Waals surface area contributed by atoms with Gasteiger partial charge in [-0.15, -0.1) is 0 Å². The van der Waals surface area contributed by atoms with Gasteiger partial charge >= 0.3 is 0 Å². The fourth-order valence-corrected chi connectivity index (χ4v) is 2.35. The molecule has 0 radical (unpaired) electrons. The summed E-state index contributed by atoms with van der Waals surface area (Å²) in [6.45, 7) is 6.38. The number of nitrogens with one attached hydrogen (secondary N) is 2. The van der Waals surface area contributed by atoms with Crippen LogP contribution in [0.15, 0.2) is 36.5 Å². The number of aromatic nitrogens is 2. The summed E-state index contributed by atoms with van der Waals surface area (Å²) in [5, 5.41) is 10.5. The number of ether oxygens (including phenoxy) is 1. The minimum Gasteiger partial charge on any atom is -0.382 e. The van der Waals surface area contributed by atoms with Gasteiger partial charge in [0.25, 0.3) is 0 Å². The monoisotopic (exact) mass is 273 g/mol. The van der Waals surface area contributed by atoms with Gasteiger partial charge in [-0.25, -0.2) is 0 Å². The summed E-state index contributed by atoms with van der Waals surface area (Å²) in [6, 6.07) is 10.6. The summed E-state index contributed by atoms with van der Waals surface area (Å²) >= 11 is 0. The summed E-state index contributed by atoms with van der Waals surface area (Å²) in [5.41, 5.74) is 3.15. The van der Waals surface area contributed by atoms with Crippen LogP contribution in [0.4, 0.5) is 5.69 Å². The van der Waals surface area contributed by atoms with Gasteiger partial charge in [0.2, 0.25) is 0 Å². The molecule has 1 aromatic carbocycles. The summed E-state index contributed by atoms with van der Waals surface area (Å²) in [6.07, 6.45) is 2.71. The first-order valence-electron chi connectivity index (χ1n) is 6.92. The molecule has 4 nitrogen and oxygen atoms in total. The largest absolute Gasteiger partial charge is 0.382 e. The topological polar surface area (TPSA) is 49.9 Å². The molecule has 0 bridgehead atoms. The Morgan fingerprint density at radius 3 is 2.80 bits per heavy atom. The maximum Gasteiger partial charge on any atom is 0.0650 e. The molecular formula is C16H23N3O. The van der Waals surface area contributed by atoms with Gasteiger partial charge in [0.05, 0.1) is 11.3 Å². The van der Waals surface area contributed by atoms with Gasteiger partial charge < -0.3 is 10.1 Å². The Labute approximate surface area is 120 Å². The van der Waals surface area contributed by atoms with Crippen molar-refractivity contribution in [2.45, 2.75) is 38.8 Å². The minimum atomic E-state index is -0.118. The lowest BCUT2D eigenvalue weighted by Crippen LogP contribution is -2.31. The van der Waals surface area contributed by atoms with Gasteiger partial charge in [-0.1, -0.05) is 12.1 Å². The summed E-state index contributed by atoms with van der Waals surface area (Å²) in [4.78, 5) is 0. The fraction of sp³-hybridized carbons (Fsp3) is 0.438. The van der Waals surface area contributed by atoms with Crippen molar-refractivity contribution in [3.63, 3.8) is 0 Å². The van der Waals surface area contributed by atoms with Crippen molar-refractivity contribution >= 4 is 5.69 Å². The van der Waals surface area contributed by atoms with Crippen molar-refractivity contribution in [2.24, 2.45) is 0 Å². The fourth-order valence-electron chi connectivity index (χ4n) is 2.35. The first-order valence-corrected chi connectivity index (χ1v) is 6.92. The molecule has 2 N–H and O–H groups in total. The number of methoxy groups -OCH3 is 1. The first-order chi connectivity index (χ1) is 9.50. The Hall–Kier alpha value is -1.81.